The fraction of sp³-hybridized carbons (Fsp3) is 0.240. The minimum absolute atomic E-state index is 0.0993. The van der Waals surface area contributed by atoms with Gasteiger partial charge < -0.3 is 9.88 Å². The second kappa shape index (κ2) is 7.87. The fourth-order valence-electron chi connectivity index (χ4n) is 4.22. The van der Waals surface area contributed by atoms with Crippen molar-refractivity contribution in [3.8, 4) is 10.4 Å². The van der Waals surface area contributed by atoms with Crippen molar-refractivity contribution in [2.75, 3.05) is 6.54 Å². The summed E-state index contributed by atoms with van der Waals surface area (Å²) >= 11 is 7.88. The average Bonchev–Trinajstić information content (AvgIpc) is 3.46. The zero-order chi connectivity index (χ0) is 22.6. The van der Waals surface area contributed by atoms with Gasteiger partial charge in [-0.2, -0.15) is 0 Å². The highest BCUT2D eigenvalue weighted by atomic mass is 35.5. The number of rotatable bonds is 3. The highest BCUT2D eigenvalue weighted by Crippen LogP contribution is 2.38. The Morgan fingerprint density at radius 3 is 2.75 bits per heavy atom. The number of hydrogen-bond donors (Lipinski definition) is 1. The van der Waals surface area contributed by atoms with E-state index in [-0.39, 0.29) is 11.9 Å². The van der Waals surface area contributed by atoms with Gasteiger partial charge in [0.25, 0.3) is 5.91 Å². The van der Waals surface area contributed by atoms with Crippen molar-refractivity contribution >= 4 is 39.9 Å². The number of halogens is 1. The molecule has 2 aromatic carbocycles. The number of nitrogens with one attached hydrogen (secondary N) is 1. The monoisotopic (exact) mass is 462 g/mol. The highest BCUT2D eigenvalue weighted by Gasteiger charge is 2.37. The van der Waals surface area contributed by atoms with Gasteiger partial charge in [0.05, 0.1) is 26.5 Å². The molecule has 0 aliphatic carbocycles. The SMILES string of the molecule is C=C1CC(c2nc3c(Cl)cccc3[nH]2)N(C(=O)c2nc(C)sc2-c2ccc(C)c(C)c2)C1. The maximum atomic E-state index is 13.8. The number of hydrogen-bond acceptors (Lipinski definition) is 4. The van der Waals surface area contributed by atoms with Gasteiger partial charge in [0.2, 0.25) is 0 Å². The number of H-pyrrole nitrogens is 1. The van der Waals surface area contributed by atoms with Gasteiger partial charge in [0, 0.05) is 6.54 Å². The Labute approximate surface area is 195 Å². The summed E-state index contributed by atoms with van der Waals surface area (Å²) in [7, 11) is 0. The molecule has 5 nitrogen and oxygen atoms in total. The van der Waals surface area contributed by atoms with Crippen LogP contribution in [0.3, 0.4) is 0 Å². The molecule has 1 unspecified atom stereocenters. The van der Waals surface area contributed by atoms with E-state index in [1.54, 1.807) is 11.3 Å². The summed E-state index contributed by atoms with van der Waals surface area (Å²) in [5.41, 5.74) is 6.50. The van der Waals surface area contributed by atoms with Crippen LogP contribution in [0.2, 0.25) is 5.02 Å². The Balaban J connectivity index is 1.55. The molecule has 0 bridgehead atoms. The van der Waals surface area contributed by atoms with Gasteiger partial charge in [0.1, 0.15) is 17.0 Å². The number of carbonyl (C=O) groups is 1. The first kappa shape index (κ1) is 20.9. The number of aryl methyl sites for hydroxylation is 3. The van der Waals surface area contributed by atoms with E-state index in [1.807, 2.05) is 30.0 Å². The normalized spacial score (nSPS) is 16.3. The third kappa shape index (κ3) is 3.53. The number of carbonyl (C=O) groups excluding carboxylic acids is 1. The van der Waals surface area contributed by atoms with Crippen LogP contribution in [0, 0.1) is 20.8 Å². The van der Waals surface area contributed by atoms with E-state index in [0.717, 1.165) is 37.9 Å². The quantitative estimate of drug-likeness (QED) is 0.358. The second-order valence-corrected chi connectivity index (χ2v) is 9.98. The topological polar surface area (TPSA) is 61.9 Å². The number of fused-ring (bicyclic) bond motifs is 1. The van der Waals surface area contributed by atoms with E-state index < -0.39 is 0 Å². The van der Waals surface area contributed by atoms with Crippen LogP contribution in [-0.4, -0.2) is 32.3 Å². The lowest BCUT2D eigenvalue weighted by Crippen LogP contribution is -2.31. The first-order valence-electron chi connectivity index (χ1n) is 10.5. The van der Waals surface area contributed by atoms with Gasteiger partial charge in [-0.3, -0.25) is 4.79 Å². The van der Waals surface area contributed by atoms with Gasteiger partial charge >= 0.3 is 0 Å². The molecule has 1 aliphatic heterocycles. The Morgan fingerprint density at radius 2 is 2.00 bits per heavy atom. The van der Waals surface area contributed by atoms with Crippen molar-refractivity contribution in [3.05, 3.63) is 81.2 Å². The van der Waals surface area contributed by atoms with E-state index in [4.69, 9.17) is 16.6 Å². The lowest BCUT2D eigenvalue weighted by Gasteiger charge is -2.22. The lowest BCUT2D eigenvalue weighted by molar-refractivity contribution is 0.0728. The molecule has 32 heavy (non-hydrogen) atoms. The standard InChI is InChI=1S/C25H23ClN4OS/c1-13-10-20(24-28-19-7-5-6-18(26)21(19)29-24)30(12-13)25(31)22-23(32-16(4)27-22)17-9-8-14(2)15(3)11-17/h5-9,11,20H,1,10,12H2,2-4H3,(H,28,29). The number of benzene rings is 2. The van der Waals surface area contributed by atoms with Gasteiger partial charge in [-0.05, 0) is 56.0 Å². The molecule has 1 atom stereocenters. The number of thiazole rings is 1. The third-order valence-corrected chi connectivity index (χ3v) is 7.34. The molecule has 1 aliphatic rings. The second-order valence-electron chi connectivity index (χ2n) is 8.37. The third-order valence-electron chi connectivity index (χ3n) is 6.02. The summed E-state index contributed by atoms with van der Waals surface area (Å²) in [6.45, 7) is 10.7. The molecule has 2 aromatic heterocycles. The molecule has 1 fully saturated rings. The number of aromatic nitrogens is 3. The number of para-hydroxylation sites is 1. The Hall–Kier alpha value is -2.96. The number of nitrogens with zero attached hydrogens (tertiary/aromatic N) is 3. The fourth-order valence-corrected chi connectivity index (χ4v) is 5.34. The summed E-state index contributed by atoms with van der Waals surface area (Å²) in [6.07, 6.45) is 0.658. The minimum Gasteiger partial charge on any atom is -0.340 e. The molecule has 1 amide bonds. The van der Waals surface area contributed by atoms with Gasteiger partial charge in [-0.1, -0.05) is 48.0 Å². The molecule has 7 heteroatoms. The number of amides is 1. The van der Waals surface area contributed by atoms with Crippen LogP contribution in [0.25, 0.3) is 21.5 Å². The Morgan fingerprint density at radius 1 is 1.19 bits per heavy atom. The Bertz CT molecular complexity index is 1390. The van der Waals surface area contributed by atoms with Crippen LogP contribution >= 0.6 is 22.9 Å². The van der Waals surface area contributed by atoms with Gasteiger partial charge in [-0.15, -0.1) is 11.3 Å². The van der Waals surface area contributed by atoms with Crippen LogP contribution in [0.15, 0.2) is 48.6 Å². The van der Waals surface area contributed by atoms with Crippen molar-refractivity contribution in [1.29, 1.82) is 0 Å². The highest BCUT2D eigenvalue weighted by molar-refractivity contribution is 7.15. The van der Waals surface area contributed by atoms with E-state index in [0.29, 0.717) is 23.7 Å². The predicted molar refractivity (Wildman–Crippen MR) is 130 cm³/mol. The minimum atomic E-state index is -0.229. The molecule has 0 saturated carbocycles. The predicted octanol–water partition coefficient (Wildman–Crippen LogP) is 6.41. The molecule has 1 saturated heterocycles. The van der Waals surface area contributed by atoms with E-state index in [1.165, 1.54) is 11.1 Å². The van der Waals surface area contributed by atoms with Crippen molar-refractivity contribution in [1.82, 2.24) is 19.9 Å². The molecule has 1 N–H and O–H groups in total. The summed E-state index contributed by atoms with van der Waals surface area (Å²) in [6, 6.07) is 11.7. The van der Waals surface area contributed by atoms with Crippen molar-refractivity contribution < 1.29 is 4.79 Å². The van der Waals surface area contributed by atoms with Crippen LogP contribution < -0.4 is 0 Å². The largest absolute Gasteiger partial charge is 0.340 e. The molecule has 5 rings (SSSR count). The molecule has 0 spiro atoms. The van der Waals surface area contributed by atoms with E-state index >= 15 is 0 Å². The van der Waals surface area contributed by atoms with E-state index in [9.17, 15) is 4.79 Å². The molecule has 162 valence electrons. The molecule has 0 radical (unpaired) electrons. The molecular formula is C25H23ClN4OS. The summed E-state index contributed by atoms with van der Waals surface area (Å²) in [4.78, 5) is 29.2. The molecule has 4 aromatic rings. The van der Waals surface area contributed by atoms with Crippen LogP contribution in [-0.2, 0) is 0 Å². The average molecular weight is 463 g/mol. The number of likely N-dealkylation sites (tertiary alicyclic amines) is 1. The zero-order valence-corrected chi connectivity index (χ0v) is 19.8. The number of aromatic amines is 1. The van der Waals surface area contributed by atoms with Crippen molar-refractivity contribution in [2.45, 2.75) is 33.2 Å². The first-order valence-corrected chi connectivity index (χ1v) is 11.7. The smallest absolute Gasteiger partial charge is 0.274 e. The lowest BCUT2D eigenvalue weighted by atomic mass is 10.0. The zero-order valence-electron chi connectivity index (χ0n) is 18.2. The summed E-state index contributed by atoms with van der Waals surface area (Å²) in [5.74, 6) is 0.623. The first-order chi connectivity index (χ1) is 15.3. The van der Waals surface area contributed by atoms with Crippen LogP contribution in [0.1, 0.15) is 44.9 Å². The molecule has 3 heterocycles. The van der Waals surface area contributed by atoms with Gasteiger partial charge in [0.15, 0.2) is 0 Å². The summed E-state index contributed by atoms with van der Waals surface area (Å²) in [5, 5.41) is 1.46. The van der Waals surface area contributed by atoms with E-state index in [2.05, 4.69) is 48.6 Å². The summed E-state index contributed by atoms with van der Waals surface area (Å²) < 4.78 is 0. The van der Waals surface area contributed by atoms with Gasteiger partial charge in [-0.25, -0.2) is 9.97 Å². The maximum Gasteiger partial charge on any atom is 0.274 e. The van der Waals surface area contributed by atoms with Crippen molar-refractivity contribution in [2.24, 2.45) is 0 Å². The maximum absolute atomic E-state index is 13.8. The number of imidazole rings is 1. The van der Waals surface area contributed by atoms with Crippen LogP contribution in [0.5, 0.6) is 0 Å². The van der Waals surface area contributed by atoms with Crippen molar-refractivity contribution in [3.63, 3.8) is 0 Å². The van der Waals surface area contributed by atoms with Crippen LogP contribution in [0.4, 0.5) is 0 Å². The Kier molecular flexibility index (Phi) is 5.14. The molecular weight excluding hydrogens is 440 g/mol.